The van der Waals surface area contributed by atoms with E-state index in [4.69, 9.17) is 10.5 Å². The number of aliphatic imine (C=N–C) groups is 1. The lowest BCUT2D eigenvalue weighted by Gasteiger charge is -2.35. The van der Waals surface area contributed by atoms with Crippen molar-refractivity contribution < 1.29 is 13.5 Å². The summed E-state index contributed by atoms with van der Waals surface area (Å²) in [7, 11) is 0. The molecule has 2 aliphatic heterocycles. The van der Waals surface area contributed by atoms with Crippen molar-refractivity contribution in [2.24, 2.45) is 16.6 Å². The first kappa shape index (κ1) is 16.5. The summed E-state index contributed by atoms with van der Waals surface area (Å²) in [5, 5.41) is 0.436. The predicted molar refractivity (Wildman–Crippen MR) is 94.3 cm³/mol. The maximum absolute atomic E-state index is 14.8. The largest absolute Gasteiger partial charge is 0.379 e. The van der Waals surface area contributed by atoms with E-state index in [-0.39, 0.29) is 24.4 Å². The van der Waals surface area contributed by atoms with Crippen molar-refractivity contribution in [1.29, 1.82) is 0 Å². The Hall–Kier alpha value is -1.99. The van der Waals surface area contributed by atoms with Gasteiger partial charge in [-0.1, -0.05) is 17.8 Å². The summed E-state index contributed by atoms with van der Waals surface area (Å²) in [6.45, 7) is 2.25. The second-order valence-electron chi connectivity index (χ2n) is 6.39. The molecule has 4 rings (SSSR count). The predicted octanol–water partition coefficient (Wildman–Crippen LogP) is 3.32. The number of fused-ring (bicyclic) bond motifs is 1. The molecule has 0 aliphatic carbocycles. The third kappa shape index (κ3) is 2.71. The highest BCUT2D eigenvalue weighted by atomic mass is 32.2. The molecule has 0 unspecified atom stereocenters. The van der Waals surface area contributed by atoms with Crippen LogP contribution in [0.5, 0.6) is 0 Å². The highest BCUT2D eigenvalue weighted by Crippen LogP contribution is 2.48. The lowest BCUT2D eigenvalue weighted by Crippen LogP contribution is -2.41. The van der Waals surface area contributed by atoms with E-state index >= 15 is 0 Å². The average Bonchev–Trinajstić information content (AvgIpc) is 2.92. The van der Waals surface area contributed by atoms with Gasteiger partial charge in [0.2, 0.25) is 0 Å². The third-order valence-electron chi connectivity index (χ3n) is 4.94. The van der Waals surface area contributed by atoms with Crippen LogP contribution in [0.4, 0.5) is 8.78 Å². The van der Waals surface area contributed by atoms with E-state index in [1.807, 2.05) is 6.92 Å². The van der Waals surface area contributed by atoms with Gasteiger partial charge in [0.05, 0.1) is 18.9 Å². The fourth-order valence-corrected chi connectivity index (χ4v) is 4.73. The maximum Gasteiger partial charge on any atom is 0.154 e. The van der Waals surface area contributed by atoms with Crippen molar-refractivity contribution in [1.82, 2.24) is 4.98 Å². The van der Waals surface area contributed by atoms with Gasteiger partial charge in [0.1, 0.15) is 17.2 Å². The highest BCUT2D eigenvalue weighted by Gasteiger charge is 2.52. The molecular formula is C18H17F2N3OS. The van der Waals surface area contributed by atoms with Gasteiger partial charge in [-0.05, 0) is 30.7 Å². The third-order valence-corrected chi connectivity index (χ3v) is 5.85. The van der Waals surface area contributed by atoms with Gasteiger partial charge in [0.25, 0.3) is 0 Å². The highest BCUT2D eigenvalue weighted by molar-refractivity contribution is 8.13. The maximum atomic E-state index is 14.8. The quantitative estimate of drug-likeness (QED) is 0.891. The van der Waals surface area contributed by atoms with E-state index in [0.717, 1.165) is 11.9 Å². The van der Waals surface area contributed by atoms with Crippen molar-refractivity contribution >= 4 is 16.9 Å². The number of thioether (sulfide) groups is 1. The monoisotopic (exact) mass is 361 g/mol. The summed E-state index contributed by atoms with van der Waals surface area (Å²) < 4.78 is 34.1. The normalized spacial score (nSPS) is 28.5. The molecule has 25 heavy (non-hydrogen) atoms. The minimum atomic E-state index is -0.838. The van der Waals surface area contributed by atoms with Crippen LogP contribution in [-0.4, -0.2) is 28.6 Å². The van der Waals surface area contributed by atoms with E-state index in [2.05, 4.69) is 9.98 Å². The number of aromatic nitrogens is 1. The molecule has 4 nitrogen and oxygen atoms in total. The molecule has 0 radical (unpaired) electrons. The Labute approximate surface area is 148 Å². The second-order valence-corrected chi connectivity index (χ2v) is 7.43. The van der Waals surface area contributed by atoms with Gasteiger partial charge in [-0.25, -0.2) is 13.8 Å². The molecule has 3 heterocycles. The van der Waals surface area contributed by atoms with Gasteiger partial charge in [-0.3, -0.25) is 4.98 Å². The van der Waals surface area contributed by atoms with Crippen LogP contribution in [0.15, 0.2) is 41.7 Å². The first-order valence-electron chi connectivity index (χ1n) is 8.00. The number of nitrogens with two attached hydrogens (primary N) is 1. The summed E-state index contributed by atoms with van der Waals surface area (Å²) in [5.74, 6) is -0.0465. The summed E-state index contributed by atoms with van der Waals surface area (Å²) >= 11 is 1.47. The first-order chi connectivity index (χ1) is 12.0. The standard InChI is InChI=1S/C18H17F2N3OS/c1-10-15-8-25-17(21)23-18(15,9-24-10)14-5-11(2-3-16(14)20)12-4-13(19)7-22-6-12/h2-7,10,15H,8-9H2,1H3,(H2,21,23)/t10-,15-,18-/m1/s1. The molecule has 0 saturated carbocycles. The van der Waals surface area contributed by atoms with Crippen LogP contribution in [0, 0.1) is 17.6 Å². The molecular weight excluding hydrogens is 344 g/mol. The number of rotatable bonds is 2. The van der Waals surface area contributed by atoms with E-state index < -0.39 is 11.4 Å². The SMILES string of the molecule is C[C@H]1OC[C@]2(c3cc(-c4cncc(F)c4)ccc3F)N=C(N)SC[C@H]12. The molecule has 2 N–H and O–H groups in total. The van der Waals surface area contributed by atoms with E-state index in [1.54, 1.807) is 18.3 Å². The fraction of sp³-hybridized carbons (Fsp3) is 0.333. The van der Waals surface area contributed by atoms with Gasteiger partial charge >= 0.3 is 0 Å². The van der Waals surface area contributed by atoms with E-state index in [9.17, 15) is 8.78 Å². The van der Waals surface area contributed by atoms with Crippen molar-refractivity contribution in [3.63, 3.8) is 0 Å². The molecule has 1 aromatic heterocycles. The Bertz CT molecular complexity index is 860. The molecule has 7 heteroatoms. The molecule has 2 aliphatic rings. The Morgan fingerprint density at radius 1 is 1.24 bits per heavy atom. The smallest absolute Gasteiger partial charge is 0.154 e. The van der Waals surface area contributed by atoms with Crippen LogP contribution >= 0.6 is 11.8 Å². The Balaban J connectivity index is 1.87. The zero-order valence-corrected chi connectivity index (χ0v) is 14.4. The summed E-state index contributed by atoms with van der Waals surface area (Å²) in [4.78, 5) is 8.48. The molecule has 0 bridgehead atoms. The van der Waals surface area contributed by atoms with Gasteiger partial charge in [-0.15, -0.1) is 0 Å². The van der Waals surface area contributed by atoms with Gasteiger partial charge in [-0.2, -0.15) is 0 Å². The molecule has 2 aromatic rings. The van der Waals surface area contributed by atoms with Crippen LogP contribution < -0.4 is 5.73 Å². The fourth-order valence-electron chi connectivity index (χ4n) is 3.61. The second kappa shape index (κ2) is 6.07. The number of amidine groups is 1. The zero-order chi connectivity index (χ0) is 17.6. The number of nitrogens with zero attached hydrogens (tertiary/aromatic N) is 2. The molecule has 1 aromatic carbocycles. The molecule has 1 saturated heterocycles. The van der Waals surface area contributed by atoms with E-state index in [0.29, 0.717) is 21.9 Å². The van der Waals surface area contributed by atoms with E-state index in [1.165, 1.54) is 23.9 Å². The summed E-state index contributed by atoms with van der Waals surface area (Å²) in [6, 6.07) is 6.09. The molecule has 1 fully saturated rings. The number of pyridine rings is 1. The number of hydrogen-bond donors (Lipinski definition) is 1. The molecule has 3 atom stereocenters. The van der Waals surface area contributed by atoms with Crippen molar-refractivity contribution in [3.05, 3.63) is 53.9 Å². The Morgan fingerprint density at radius 2 is 2.08 bits per heavy atom. The van der Waals surface area contributed by atoms with Crippen LogP contribution in [-0.2, 0) is 10.3 Å². The first-order valence-corrected chi connectivity index (χ1v) is 8.99. The van der Waals surface area contributed by atoms with Crippen LogP contribution in [0.25, 0.3) is 11.1 Å². The van der Waals surface area contributed by atoms with Crippen molar-refractivity contribution in [3.8, 4) is 11.1 Å². The number of hydrogen-bond acceptors (Lipinski definition) is 5. The number of benzene rings is 1. The summed E-state index contributed by atoms with van der Waals surface area (Å²) in [5.41, 5.74) is 6.82. The van der Waals surface area contributed by atoms with Crippen LogP contribution in [0.1, 0.15) is 12.5 Å². The minimum Gasteiger partial charge on any atom is -0.379 e. The van der Waals surface area contributed by atoms with Crippen LogP contribution in [0.3, 0.4) is 0 Å². The average molecular weight is 361 g/mol. The molecule has 130 valence electrons. The zero-order valence-electron chi connectivity index (χ0n) is 13.6. The van der Waals surface area contributed by atoms with Gasteiger partial charge in [0.15, 0.2) is 5.17 Å². The lowest BCUT2D eigenvalue weighted by atomic mass is 9.78. The number of halogens is 2. The summed E-state index contributed by atoms with van der Waals surface area (Å²) in [6.07, 6.45) is 2.65. The van der Waals surface area contributed by atoms with Gasteiger partial charge < -0.3 is 10.5 Å². The van der Waals surface area contributed by atoms with Gasteiger partial charge in [0, 0.05) is 29.0 Å². The lowest BCUT2D eigenvalue weighted by molar-refractivity contribution is 0.107. The Morgan fingerprint density at radius 3 is 2.88 bits per heavy atom. The Kier molecular flexibility index (Phi) is 4.00. The minimum absolute atomic E-state index is 0.0279. The molecule has 0 amide bonds. The van der Waals surface area contributed by atoms with Crippen molar-refractivity contribution in [2.75, 3.05) is 12.4 Å². The molecule has 0 spiro atoms. The topological polar surface area (TPSA) is 60.5 Å². The van der Waals surface area contributed by atoms with Crippen LogP contribution in [0.2, 0.25) is 0 Å². The number of ether oxygens (including phenoxy) is 1. The van der Waals surface area contributed by atoms with Crippen molar-refractivity contribution in [2.45, 2.75) is 18.6 Å².